The molecule has 0 radical (unpaired) electrons. The molecule has 0 aliphatic carbocycles. The number of nitrogens with zero attached hydrogens (tertiary/aromatic N) is 4. The molecule has 0 aliphatic rings. The summed E-state index contributed by atoms with van der Waals surface area (Å²) in [4.78, 5) is 31.0. The summed E-state index contributed by atoms with van der Waals surface area (Å²) in [5.41, 5.74) is -1.52. The highest BCUT2D eigenvalue weighted by Crippen LogP contribution is 2.22. The lowest BCUT2D eigenvalue weighted by Crippen LogP contribution is -2.41. The summed E-state index contributed by atoms with van der Waals surface area (Å²) < 4.78 is 31.4. The number of ketones is 1. The van der Waals surface area contributed by atoms with Crippen molar-refractivity contribution in [1.82, 2.24) is 9.97 Å². The maximum absolute atomic E-state index is 12.3. The zero-order chi connectivity index (χ0) is 20.1. The van der Waals surface area contributed by atoms with Gasteiger partial charge in [-0.25, -0.2) is 27.9 Å². The van der Waals surface area contributed by atoms with Gasteiger partial charge in [0.2, 0.25) is 11.5 Å². The molecule has 2 aromatic rings. The van der Waals surface area contributed by atoms with Crippen LogP contribution in [0.15, 0.2) is 57.8 Å². The van der Waals surface area contributed by atoms with Gasteiger partial charge in [-0.05, 0) is 44.2 Å². The summed E-state index contributed by atoms with van der Waals surface area (Å²) in [7, 11) is -2.74. The van der Waals surface area contributed by atoms with Gasteiger partial charge in [-0.1, -0.05) is 0 Å². The van der Waals surface area contributed by atoms with Crippen molar-refractivity contribution in [1.29, 1.82) is 0 Å². The van der Waals surface area contributed by atoms with Crippen LogP contribution in [0.5, 0.6) is 0 Å². The monoisotopic (exact) mass is 391 g/mol. The number of aromatic nitrogens is 2. The lowest BCUT2D eigenvalue weighted by molar-refractivity contribution is -0.150. The Balaban J connectivity index is 2.22. The van der Waals surface area contributed by atoms with E-state index >= 15 is 0 Å². The Labute approximate surface area is 155 Å². The molecule has 0 bridgehead atoms. The topological polar surface area (TPSA) is 140 Å². The zero-order valence-corrected chi connectivity index (χ0v) is 15.6. The van der Waals surface area contributed by atoms with Gasteiger partial charge in [0.25, 0.3) is 10.0 Å². The third kappa shape index (κ3) is 4.70. The normalized spacial score (nSPS) is 13.7. The number of esters is 1. The van der Waals surface area contributed by atoms with Gasteiger partial charge in [0.05, 0.1) is 17.7 Å². The summed E-state index contributed by atoms with van der Waals surface area (Å²) in [5, 5.41) is 7.61. The standard InChI is InChI=1S/C16H17N5O5S/c1-11(22)16(2,14(23)26-3)21-19-12-5-7-13(8-6-12)27(24,25)20-15-17-9-4-10-18-15/h4-10H,1-3H3,(H,17,18,20)/b21-19+. The van der Waals surface area contributed by atoms with E-state index in [1.807, 2.05) is 0 Å². The van der Waals surface area contributed by atoms with Crippen LogP contribution >= 0.6 is 0 Å². The second-order valence-electron chi connectivity index (χ2n) is 5.49. The molecule has 0 aliphatic heterocycles. The second kappa shape index (κ2) is 7.99. The Bertz CT molecular complexity index is 960. The van der Waals surface area contributed by atoms with Gasteiger partial charge in [-0.15, -0.1) is 0 Å². The zero-order valence-electron chi connectivity index (χ0n) is 14.8. The van der Waals surface area contributed by atoms with Crippen LogP contribution in [0.1, 0.15) is 13.8 Å². The Morgan fingerprint density at radius 1 is 1.15 bits per heavy atom. The van der Waals surface area contributed by atoms with Crippen molar-refractivity contribution in [2.24, 2.45) is 10.2 Å². The maximum Gasteiger partial charge on any atom is 0.343 e. The second-order valence-corrected chi connectivity index (χ2v) is 7.17. The van der Waals surface area contributed by atoms with Crippen molar-refractivity contribution in [2.45, 2.75) is 24.3 Å². The first-order valence-electron chi connectivity index (χ1n) is 7.61. The number of carbonyl (C=O) groups is 2. The first-order chi connectivity index (χ1) is 12.7. The summed E-state index contributed by atoms with van der Waals surface area (Å²) in [6.07, 6.45) is 2.81. The number of anilines is 1. The van der Waals surface area contributed by atoms with Gasteiger partial charge in [0.1, 0.15) is 0 Å². The van der Waals surface area contributed by atoms with Crippen LogP contribution in [0, 0.1) is 0 Å². The molecule has 2 rings (SSSR count). The van der Waals surface area contributed by atoms with Gasteiger partial charge in [0, 0.05) is 12.4 Å². The summed E-state index contributed by atoms with van der Waals surface area (Å²) in [6, 6.07) is 6.90. The molecule has 1 unspecified atom stereocenters. The van der Waals surface area contributed by atoms with E-state index in [4.69, 9.17) is 0 Å². The number of sulfonamides is 1. The first kappa shape index (κ1) is 20.1. The fraction of sp³-hybridized carbons (Fsp3) is 0.250. The number of carbonyl (C=O) groups excluding carboxylic acids is 2. The molecular weight excluding hydrogens is 374 g/mol. The predicted octanol–water partition coefficient (Wildman–Crippen LogP) is 1.88. The van der Waals surface area contributed by atoms with Gasteiger partial charge in [0.15, 0.2) is 5.78 Å². The number of Topliss-reactive ketones (excluding diaryl/α,β-unsaturated/α-hetero) is 1. The predicted molar refractivity (Wildman–Crippen MR) is 94.9 cm³/mol. The van der Waals surface area contributed by atoms with Crippen LogP contribution in [0.25, 0.3) is 0 Å². The van der Waals surface area contributed by atoms with E-state index in [-0.39, 0.29) is 16.5 Å². The van der Waals surface area contributed by atoms with Crippen LogP contribution in [0.4, 0.5) is 11.6 Å². The summed E-state index contributed by atoms with van der Waals surface area (Å²) in [5.74, 6) is -1.44. The van der Waals surface area contributed by atoms with Crippen LogP contribution in [-0.4, -0.2) is 42.8 Å². The lowest BCUT2D eigenvalue weighted by atomic mass is 9.99. The van der Waals surface area contributed by atoms with Crippen molar-refractivity contribution < 1.29 is 22.7 Å². The third-order valence-electron chi connectivity index (χ3n) is 3.57. The number of nitrogens with one attached hydrogen (secondary N) is 1. The number of azo groups is 1. The molecule has 0 saturated heterocycles. The number of ether oxygens (including phenoxy) is 1. The molecule has 142 valence electrons. The van der Waals surface area contributed by atoms with Gasteiger partial charge >= 0.3 is 5.97 Å². The molecule has 1 aromatic heterocycles. The molecule has 0 spiro atoms. The van der Waals surface area contributed by atoms with Crippen LogP contribution < -0.4 is 4.72 Å². The van der Waals surface area contributed by atoms with E-state index in [1.54, 1.807) is 6.07 Å². The number of hydrogen-bond donors (Lipinski definition) is 1. The average Bonchev–Trinajstić information content (AvgIpc) is 2.66. The van der Waals surface area contributed by atoms with E-state index in [9.17, 15) is 18.0 Å². The van der Waals surface area contributed by atoms with E-state index in [1.165, 1.54) is 50.5 Å². The minimum Gasteiger partial charge on any atom is -0.467 e. The highest BCUT2D eigenvalue weighted by atomic mass is 32.2. The molecule has 1 atom stereocenters. The molecule has 0 saturated carbocycles. The van der Waals surface area contributed by atoms with Crippen molar-refractivity contribution >= 4 is 33.4 Å². The molecule has 0 amide bonds. The molecule has 1 aromatic carbocycles. The highest BCUT2D eigenvalue weighted by molar-refractivity contribution is 7.92. The number of rotatable bonds is 7. The lowest BCUT2D eigenvalue weighted by Gasteiger charge is -2.16. The van der Waals surface area contributed by atoms with Crippen molar-refractivity contribution in [3.63, 3.8) is 0 Å². The van der Waals surface area contributed by atoms with Crippen LogP contribution in [0.2, 0.25) is 0 Å². The fourth-order valence-electron chi connectivity index (χ4n) is 1.83. The maximum atomic E-state index is 12.3. The molecule has 1 N–H and O–H groups in total. The van der Waals surface area contributed by atoms with E-state index in [0.717, 1.165) is 7.11 Å². The number of methoxy groups -OCH3 is 1. The van der Waals surface area contributed by atoms with Crippen molar-refractivity contribution in [3.8, 4) is 0 Å². The fourth-order valence-corrected chi connectivity index (χ4v) is 2.79. The highest BCUT2D eigenvalue weighted by Gasteiger charge is 2.40. The minimum atomic E-state index is -3.88. The Morgan fingerprint density at radius 2 is 1.74 bits per heavy atom. The Morgan fingerprint density at radius 3 is 2.26 bits per heavy atom. The van der Waals surface area contributed by atoms with E-state index in [0.29, 0.717) is 0 Å². The van der Waals surface area contributed by atoms with E-state index < -0.39 is 27.3 Å². The largest absolute Gasteiger partial charge is 0.467 e. The minimum absolute atomic E-state index is 0.0452. The average molecular weight is 391 g/mol. The SMILES string of the molecule is COC(=O)C(C)(/N=N/c1ccc(S(=O)(=O)Nc2ncccn2)cc1)C(C)=O. The van der Waals surface area contributed by atoms with Crippen molar-refractivity contribution in [3.05, 3.63) is 42.7 Å². The van der Waals surface area contributed by atoms with E-state index in [2.05, 4.69) is 29.7 Å². The van der Waals surface area contributed by atoms with Gasteiger partial charge in [-0.2, -0.15) is 10.2 Å². The summed E-state index contributed by atoms with van der Waals surface area (Å²) in [6.45, 7) is 2.48. The molecule has 1 heterocycles. The quantitative estimate of drug-likeness (QED) is 0.431. The molecule has 0 fully saturated rings. The molecule has 27 heavy (non-hydrogen) atoms. The summed E-state index contributed by atoms with van der Waals surface area (Å²) >= 11 is 0. The number of benzene rings is 1. The van der Waals surface area contributed by atoms with Gasteiger partial charge in [-0.3, -0.25) is 4.79 Å². The first-order valence-corrected chi connectivity index (χ1v) is 9.09. The van der Waals surface area contributed by atoms with Crippen molar-refractivity contribution in [2.75, 3.05) is 11.8 Å². The molecule has 11 heteroatoms. The number of hydrogen-bond acceptors (Lipinski definition) is 9. The Hall–Kier alpha value is -3.21. The molecular formula is C16H17N5O5S. The Kier molecular flexibility index (Phi) is 5.95. The third-order valence-corrected chi connectivity index (χ3v) is 4.92. The van der Waals surface area contributed by atoms with Crippen LogP contribution in [-0.2, 0) is 24.3 Å². The van der Waals surface area contributed by atoms with Gasteiger partial charge < -0.3 is 4.74 Å². The smallest absolute Gasteiger partial charge is 0.343 e. The molecule has 10 nitrogen and oxygen atoms in total. The van der Waals surface area contributed by atoms with Crippen LogP contribution in [0.3, 0.4) is 0 Å².